The zero-order valence-electron chi connectivity index (χ0n) is 6.16. The van der Waals surface area contributed by atoms with Crippen LogP contribution in [0.25, 0.3) is 0 Å². The molecule has 0 aliphatic heterocycles. The van der Waals surface area contributed by atoms with Crippen LogP contribution < -0.4 is 15.0 Å². The van der Waals surface area contributed by atoms with Gasteiger partial charge in [0.25, 0.3) is 11.7 Å². The zero-order valence-corrected chi connectivity index (χ0v) is 6.16. The number of nitrogens with zero attached hydrogens (tertiary/aromatic N) is 1. The van der Waals surface area contributed by atoms with Crippen molar-refractivity contribution in [1.29, 1.82) is 0 Å². The average Bonchev–Trinajstić information content (AvgIpc) is 1.95. The molecule has 0 aliphatic carbocycles. The maximum atomic E-state index is 5.58. The first-order valence-electron chi connectivity index (χ1n) is 3.04. The van der Waals surface area contributed by atoms with Crippen molar-refractivity contribution in [3.63, 3.8) is 0 Å². The van der Waals surface area contributed by atoms with E-state index < -0.39 is 0 Å². The van der Waals surface area contributed by atoms with E-state index in [-0.39, 0.29) is 0 Å². The fourth-order valence-corrected chi connectivity index (χ4v) is 0.785. The Labute approximate surface area is 60.0 Å². The van der Waals surface area contributed by atoms with Gasteiger partial charge in [0.2, 0.25) is 0 Å². The maximum absolute atomic E-state index is 5.58. The molecule has 0 saturated heterocycles. The minimum atomic E-state index is 0.694. The standard InChI is InChI=1S/C7H10N2O/c1-9-6(8)4-3-5-7(9)10-2/h3-5,8H,1-2H3/p+1. The number of hydrogen-bond acceptors (Lipinski definition) is 2. The Bertz CT molecular complexity index is 235. The van der Waals surface area contributed by atoms with Crippen molar-refractivity contribution in [3.8, 4) is 5.88 Å². The second-order valence-electron chi connectivity index (χ2n) is 2.05. The van der Waals surface area contributed by atoms with E-state index in [9.17, 15) is 0 Å². The molecule has 10 heavy (non-hydrogen) atoms. The molecule has 54 valence electrons. The van der Waals surface area contributed by atoms with Crippen molar-refractivity contribution < 1.29 is 9.30 Å². The third-order valence-corrected chi connectivity index (χ3v) is 1.43. The van der Waals surface area contributed by atoms with Gasteiger partial charge in [-0.2, -0.15) is 4.57 Å². The van der Waals surface area contributed by atoms with E-state index in [1.54, 1.807) is 11.7 Å². The summed E-state index contributed by atoms with van der Waals surface area (Å²) < 4.78 is 6.79. The van der Waals surface area contributed by atoms with Gasteiger partial charge in [0, 0.05) is 12.1 Å². The van der Waals surface area contributed by atoms with E-state index in [2.05, 4.69) is 0 Å². The van der Waals surface area contributed by atoms with Gasteiger partial charge in [-0.15, -0.1) is 0 Å². The van der Waals surface area contributed by atoms with Crippen LogP contribution in [0.15, 0.2) is 18.2 Å². The summed E-state index contributed by atoms with van der Waals surface area (Å²) in [6.07, 6.45) is 0. The van der Waals surface area contributed by atoms with Crippen molar-refractivity contribution in [3.05, 3.63) is 18.2 Å². The Morgan fingerprint density at radius 3 is 2.70 bits per heavy atom. The Kier molecular flexibility index (Phi) is 1.76. The lowest BCUT2D eigenvalue weighted by Crippen LogP contribution is -2.33. The fraction of sp³-hybridized carbons (Fsp3) is 0.286. The summed E-state index contributed by atoms with van der Waals surface area (Å²) in [5.41, 5.74) is 5.58. The van der Waals surface area contributed by atoms with E-state index in [1.165, 1.54) is 0 Å². The molecule has 3 heteroatoms. The molecule has 1 aromatic heterocycles. The molecular weight excluding hydrogens is 128 g/mol. The van der Waals surface area contributed by atoms with Crippen molar-refractivity contribution in [2.24, 2.45) is 7.05 Å². The molecule has 0 amide bonds. The van der Waals surface area contributed by atoms with Crippen LogP contribution in [-0.2, 0) is 7.05 Å². The zero-order chi connectivity index (χ0) is 7.56. The SMILES string of the molecule is COc1cccc(N)[n+]1C. The predicted molar refractivity (Wildman–Crippen MR) is 38.6 cm³/mol. The van der Waals surface area contributed by atoms with Gasteiger partial charge in [0.05, 0.1) is 14.2 Å². The van der Waals surface area contributed by atoms with Crippen LogP contribution in [-0.4, -0.2) is 7.11 Å². The highest BCUT2D eigenvalue weighted by atomic mass is 16.5. The number of rotatable bonds is 1. The van der Waals surface area contributed by atoms with Crippen LogP contribution in [0, 0.1) is 0 Å². The molecule has 0 unspecified atom stereocenters. The molecule has 0 bridgehead atoms. The quantitative estimate of drug-likeness (QED) is 0.560. The number of aromatic nitrogens is 1. The molecule has 1 heterocycles. The topological polar surface area (TPSA) is 39.1 Å². The second-order valence-corrected chi connectivity index (χ2v) is 2.05. The van der Waals surface area contributed by atoms with Crippen LogP contribution in [0.5, 0.6) is 5.88 Å². The lowest BCUT2D eigenvalue weighted by molar-refractivity contribution is -0.662. The summed E-state index contributed by atoms with van der Waals surface area (Å²) in [4.78, 5) is 0. The highest BCUT2D eigenvalue weighted by molar-refractivity contribution is 5.22. The number of methoxy groups -OCH3 is 1. The van der Waals surface area contributed by atoms with Gasteiger partial charge in [-0.1, -0.05) is 0 Å². The summed E-state index contributed by atoms with van der Waals surface area (Å²) in [5, 5.41) is 0. The molecular formula is C7H11N2O+. The molecule has 3 nitrogen and oxygen atoms in total. The third kappa shape index (κ3) is 1.03. The Hall–Kier alpha value is -1.25. The van der Waals surface area contributed by atoms with Crippen molar-refractivity contribution in [1.82, 2.24) is 0 Å². The molecule has 0 spiro atoms. The first kappa shape index (κ1) is 6.86. The van der Waals surface area contributed by atoms with Gasteiger partial charge in [-0.25, -0.2) is 0 Å². The van der Waals surface area contributed by atoms with Crippen LogP contribution in [0.2, 0.25) is 0 Å². The van der Waals surface area contributed by atoms with Crippen LogP contribution in [0.3, 0.4) is 0 Å². The molecule has 0 aromatic carbocycles. The van der Waals surface area contributed by atoms with E-state index in [1.807, 2.05) is 25.2 Å². The number of nitrogens with two attached hydrogens (primary N) is 1. The van der Waals surface area contributed by atoms with Gasteiger partial charge in [-0.05, 0) is 6.07 Å². The largest absolute Gasteiger partial charge is 0.466 e. The smallest absolute Gasteiger partial charge is 0.283 e. The summed E-state index contributed by atoms with van der Waals surface area (Å²) in [7, 11) is 3.48. The third-order valence-electron chi connectivity index (χ3n) is 1.43. The fourth-order valence-electron chi connectivity index (χ4n) is 0.785. The number of nitrogen functional groups attached to an aromatic ring is 1. The van der Waals surface area contributed by atoms with E-state index >= 15 is 0 Å². The van der Waals surface area contributed by atoms with Gasteiger partial charge >= 0.3 is 0 Å². The van der Waals surface area contributed by atoms with Gasteiger partial charge < -0.3 is 4.74 Å². The van der Waals surface area contributed by atoms with Crippen LogP contribution in [0.4, 0.5) is 5.82 Å². The molecule has 0 atom stereocenters. The average molecular weight is 139 g/mol. The van der Waals surface area contributed by atoms with E-state index in [0.717, 1.165) is 5.88 Å². The Morgan fingerprint density at radius 2 is 2.20 bits per heavy atom. The molecule has 0 radical (unpaired) electrons. The minimum Gasteiger partial charge on any atom is -0.466 e. The number of hydrogen-bond donors (Lipinski definition) is 1. The molecule has 0 saturated carbocycles. The predicted octanol–water partition coefficient (Wildman–Crippen LogP) is 0.102. The highest BCUT2D eigenvalue weighted by Crippen LogP contribution is 2.03. The van der Waals surface area contributed by atoms with E-state index in [4.69, 9.17) is 10.5 Å². The maximum Gasteiger partial charge on any atom is 0.283 e. The first-order valence-corrected chi connectivity index (χ1v) is 3.04. The highest BCUT2D eigenvalue weighted by Gasteiger charge is 2.03. The van der Waals surface area contributed by atoms with Gasteiger partial charge in [0.15, 0.2) is 0 Å². The van der Waals surface area contributed by atoms with Crippen molar-refractivity contribution in [2.45, 2.75) is 0 Å². The minimum absolute atomic E-state index is 0.694. The summed E-state index contributed by atoms with van der Waals surface area (Å²) >= 11 is 0. The summed E-state index contributed by atoms with van der Waals surface area (Å²) in [5.74, 6) is 1.46. The van der Waals surface area contributed by atoms with Gasteiger partial charge in [0.1, 0.15) is 0 Å². The Morgan fingerprint density at radius 1 is 1.50 bits per heavy atom. The van der Waals surface area contributed by atoms with Crippen LogP contribution >= 0.6 is 0 Å². The molecule has 0 aliphatic rings. The van der Waals surface area contributed by atoms with Crippen molar-refractivity contribution in [2.75, 3.05) is 12.8 Å². The van der Waals surface area contributed by atoms with Gasteiger partial charge in [-0.3, -0.25) is 5.73 Å². The number of anilines is 1. The summed E-state index contributed by atoms with van der Waals surface area (Å²) in [6.45, 7) is 0. The normalized spacial score (nSPS) is 9.40. The lowest BCUT2D eigenvalue weighted by Gasteiger charge is -2.01. The summed E-state index contributed by atoms with van der Waals surface area (Å²) in [6, 6.07) is 5.53. The lowest BCUT2D eigenvalue weighted by atomic mass is 10.4. The van der Waals surface area contributed by atoms with Crippen LogP contribution in [0.1, 0.15) is 0 Å². The molecule has 1 rings (SSSR count). The second kappa shape index (κ2) is 2.56. The Balaban J connectivity index is 3.14. The van der Waals surface area contributed by atoms with Crippen molar-refractivity contribution >= 4 is 5.82 Å². The molecule has 2 N–H and O–H groups in total. The number of ether oxygens (including phenoxy) is 1. The molecule has 1 aromatic rings. The van der Waals surface area contributed by atoms with E-state index in [0.29, 0.717) is 5.82 Å². The first-order chi connectivity index (χ1) is 4.75. The number of pyridine rings is 1. The molecule has 0 fully saturated rings. The monoisotopic (exact) mass is 139 g/mol.